The molecule has 0 saturated carbocycles. The zero-order valence-corrected chi connectivity index (χ0v) is 15.5. The molecular weight excluding hydrogens is 390 g/mol. The van der Waals surface area contributed by atoms with Crippen molar-refractivity contribution in [2.45, 2.75) is 37.4 Å². The molecule has 0 bridgehead atoms. The molecule has 0 amide bonds. The summed E-state index contributed by atoms with van der Waals surface area (Å²) in [6.45, 7) is -0.505. The molecule has 1 aromatic carbocycles. The van der Waals surface area contributed by atoms with Crippen molar-refractivity contribution in [1.29, 1.82) is 0 Å². The van der Waals surface area contributed by atoms with Gasteiger partial charge in [-0.25, -0.2) is 0 Å². The van der Waals surface area contributed by atoms with Crippen molar-refractivity contribution >= 4 is 23.9 Å². The fraction of sp³-hybridized carbons (Fsp3) is 0.412. The van der Waals surface area contributed by atoms with E-state index in [-0.39, 0.29) is 12.8 Å². The lowest BCUT2D eigenvalue weighted by atomic mass is 10.1. The first-order chi connectivity index (χ1) is 13.4. The lowest BCUT2D eigenvalue weighted by Crippen LogP contribution is -2.33. The molecule has 0 spiro atoms. The first kappa shape index (κ1) is 28.2. The largest absolute Gasteiger partial charge is 0.481 e. The Labute approximate surface area is 166 Å². The molecule has 164 valence electrons. The Morgan fingerprint density at radius 1 is 0.759 bits per heavy atom. The molecule has 0 unspecified atom stereocenters. The second-order valence-electron chi connectivity index (χ2n) is 5.64. The Kier molecular flexibility index (Phi) is 15.5. The van der Waals surface area contributed by atoms with Crippen LogP contribution in [0, 0.1) is 0 Å². The summed E-state index contributed by atoms with van der Waals surface area (Å²) in [6.07, 6.45) is 0.161. The Hall–Kier alpha value is -3.06. The van der Waals surface area contributed by atoms with Gasteiger partial charge >= 0.3 is 23.9 Å². The van der Waals surface area contributed by atoms with Crippen LogP contribution in [0.3, 0.4) is 0 Å². The van der Waals surface area contributed by atoms with Crippen molar-refractivity contribution in [2.75, 3.05) is 6.61 Å². The summed E-state index contributed by atoms with van der Waals surface area (Å²) < 4.78 is 0. The van der Waals surface area contributed by atoms with Crippen LogP contribution >= 0.6 is 0 Å². The number of nitrogens with two attached hydrogens (primary N) is 3. The molecule has 12 heteroatoms. The molecular formula is C17H27N3O9. The lowest BCUT2D eigenvalue weighted by Gasteiger charge is -2.04. The second kappa shape index (κ2) is 15.9. The lowest BCUT2D eigenvalue weighted by molar-refractivity contribution is -0.141. The average molecular weight is 417 g/mol. The van der Waals surface area contributed by atoms with Crippen LogP contribution in [0.25, 0.3) is 0 Å². The van der Waals surface area contributed by atoms with Crippen LogP contribution in [0.4, 0.5) is 0 Å². The summed E-state index contributed by atoms with van der Waals surface area (Å²) in [5.41, 5.74) is 16.1. The minimum absolute atomic E-state index is 0.0231. The highest BCUT2D eigenvalue weighted by atomic mass is 16.4. The molecule has 0 aliphatic rings. The number of carboxylic acids is 4. The fourth-order valence-electron chi connectivity index (χ4n) is 1.44. The van der Waals surface area contributed by atoms with Gasteiger partial charge in [0.2, 0.25) is 0 Å². The maximum absolute atomic E-state index is 10.4. The van der Waals surface area contributed by atoms with E-state index in [4.69, 9.17) is 42.7 Å². The third-order valence-corrected chi connectivity index (χ3v) is 3.12. The van der Waals surface area contributed by atoms with Crippen molar-refractivity contribution in [2.24, 2.45) is 17.2 Å². The third kappa shape index (κ3) is 16.8. The maximum Gasteiger partial charge on any atom is 0.322 e. The van der Waals surface area contributed by atoms with Crippen molar-refractivity contribution in [1.82, 2.24) is 0 Å². The number of carbonyl (C=O) groups is 4. The van der Waals surface area contributed by atoms with Crippen LogP contribution in [0.15, 0.2) is 30.3 Å². The molecule has 12 nitrogen and oxygen atoms in total. The van der Waals surface area contributed by atoms with E-state index in [1.807, 2.05) is 30.3 Å². The Morgan fingerprint density at radius 2 is 1.21 bits per heavy atom. The van der Waals surface area contributed by atoms with Crippen molar-refractivity contribution in [3.8, 4) is 0 Å². The summed E-state index contributed by atoms with van der Waals surface area (Å²) in [5, 5.41) is 40.7. The molecule has 1 rings (SSSR count). The van der Waals surface area contributed by atoms with E-state index >= 15 is 0 Å². The van der Waals surface area contributed by atoms with E-state index in [0.717, 1.165) is 5.56 Å². The molecule has 0 aromatic heterocycles. The average Bonchev–Trinajstić information content (AvgIpc) is 2.66. The minimum Gasteiger partial charge on any atom is -0.481 e. The van der Waals surface area contributed by atoms with E-state index in [2.05, 4.69) is 0 Å². The summed E-state index contributed by atoms with van der Waals surface area (Å²) in [7, 11) is 0. The molecule has 29 heavy (non-hydrogen) atoms. The van der Waals surface area contributed by atoms with Gasteiger partial charge in [0.1, 0.15) is 18.1 Å². The van der Waals surface area contributed by atoms with Gasteiger partial charge < -0.3 is 42.7 Å². The number of aliphatic hydroxyl groups is 1. The van der Waals surface area contributed by atoms with Crippen molar-refractivity contribution in [3.63, 3.8) is 0 Å². The van der Waals surface area contributed by atoms with Crippen LogP contribution in [0.5, 0.6) is 0 Å². The predicted molar refractivity (Wildman–Crippen MR) is 101 cm³/mol. The highest BCUT2D eigenvalue weighted by Crippen LogP contribution is 2.01. The third-order valence-electron chi connectivity index (χ3n) is 3.12. The zero-order chi connectivity index (χ0) is 23.0. The molecule has 11 N–H and O–H groups in total. The van der Waals surface area contributed by atoms with Crippen LogP contribution < -0.4 is 17.2 Å². The molecule has 0 heterocycles. The van der Waals surface area contributed by atoms with Gasteiger partial charge in [0, 0.05) is 6.42 Å². The van der Waals surface area contributed by atoms with Crippen LogP contribution in [0.1, 0.15) is 18.4 Å². The number of hydrogen-bond donors (Lipinski definition) is 8. The molecule has 0 saturated heterocycles. The Balaban J connectivity index is 0. The van der Waals surface area contributed by atoms with E-state index in [0.29, 0.717) is 6.42 Å². The SMILES string of the molecule is N[C@@H](CCC(=O)O)C(=O)O.N[C@@H](CO)C(=O)O.N[C@@H](Cc1ccccc1)C(=O)O. The van der Waals surface area contributed by atoms with Crippen LogP contribution in [-0.2, 0) is 25.6 Å². The molecule has 1 aromatic rings. The molecule has 0 aliphatic carbocycles. The highest BCUT2D eigenvalue weighted by Gasteiger charge is 2.12. The molecule has 0 fully saturated rings. The van der Waals surface area contributed by atoms with Crippen LogP contribution in [0.2, 0.25) is 0 Å². The van der Waals surface area contributed by atoms with Gasteiger partial charge in [-0.1, -0.05) is 30.3 Å². The maximum atomic E-state index is 10.4. The summed E-state index contributed by atoms with van der Waals surface area (Å²) >= 11 is 0. The van der Waals surface area contributed by atoms with Crippen LogP contribution in [-0.4, -0.2) is 74.1 Å². The van der Waals surface area contributed by atoms with E-state index < -0.39 is 48.6 Å². The monoisotopic (exact) mass is 417 g/mol. The van der Waals surface area contributed by atoms with Gasteiger partial charge in [0.15, 0.2) is 0 Å². The van der Waals surface area contributed by atoms with Gasteiger partial charge in [-0.2, -0.15) is 0 Å². The van der Waals surface area contributed by atoms with Gasteiger partial charge in [-0.3, -0.25) is 19.2 Å². The van der Waals surface area contributed by atoms with E-state index in [9.17, 15) is 19.2 Å². The standard InChI is InChI=1S/C9H11NO2.C5H9NO4.C3H7NO3/c10-8(9(11)12)6-7-4-2-1-3-5-7;6-3(5(9)10)1-2-4(7)8;4-2(1-5)3(6)7/h1-5,8H,6,10H2,(H,11,12);3H,1-2,6H2,(H,7,8)(H,9,10);2,5H,1,4H2,(H,6,7)/t8-;3-;2-/m000/s1. The van der Waals surface area contributed by atoms with Crippen molar-refractivity contribution < 1.29 is 44.7 Å². The fourth-order valence-corrected chi connectivity index (χ4v) is 1.44. The number of aliphatic carboxylic acids is 4. The highest BCUT2D eigenvalue weighted by molar-refractivity contribution is 5.75. The topological polar surface area (TPSA) is 247 Å². The molecule has 3 atom stereocenters. The van der Waals surface area contributed by atoms with Crippen molar-refractivity contribution in [3.05, 3.63) is 35.9 Å². The van der Waals surface area contributed by atoms with Gasteiger partial charge in [0.05, 0.1) is 6.61 Å². The number of carboxylic acid groups (broad SMARTS) is 4. The number of hydrogen-bond acceptors (Lipinski definition) is 8. The quantitative estimate of drug-likeness (QED) is 0.224. The molecule has 0 radical (unpaired) electrons. The zero-order valence-electron chi connectivity index (χ0n) is 15.5. The summed E-state index contributed by atoms with van der Waals surface area (Å²) in [4.78, 5) is 39.9. The number of benzene rings is 1. The summed E-state index contributed by atoms with van der Waals surface area (Å²) in [5.74, 6) is -4.33. The van der Waals surface area contributed by atoms with E-state index in [1.54, 1.807) is 0 Å². The van der Waals surface area contributed by atoms with E-state index in [1.165, 1.54) is 0 Å². The predicted octanol–water partition coefficient (Wildman–Crippen LogP) is -1.71. The summed E-state index contributed by atoms with van der Waals surface area (Å²) in [6, 6.07) is 6.36. The smallest absolute Gasteiger partial charge is 0.322 e. The Morgan fingerprint density at radius 3 is 1.52 bits per heavy atom. The normalized spacial score (nSPS) is 12.7. The minimum atomic E-state index is -1.18. The molecule has 0 aliphatic heterocycles. The first-order valence-corrected chi connectivity index (χ1v) is 8.24. The van der Waals surface area contributed by atoms with Gasteiger partial charge in [0.25, 0.3) is 0 Å². The number of aliphatic hydroxyl groups excluding tert-OH is 1. The van der Waals surface area contributed by atoms with Gasteiger partial charge in [-0.05, 0) is 18.4 Å². The van der Waals surface area contributed by atoms with Gasteiger partial charge in [-0.15, -0.1) is 0 Å². The first-order valence-electron chi connectivity index (χ1n) is 8.24. The second-order valence-corrected chi connectivity index (χ2v) is 5.64. The number of rotatable bonds is 9. The Bertz CT molecular complexity index is 640.